The van der Waals surface area contributed by atoms with E-state index in [0.29, 0.717) is 5.75 Å². The van der Waals surface area contributed by atoms with E-state index in [9.17, 15) is 9.18 Å². The summed E-state index contributed by atoms with van der Waals surface area (Å²) in [5.41, 5.74) is 2.24. The highest BCUT2D eigenvalue weighted by atomic mass is 19.1. The molecule has 3 nitrogen and oxygen atoms in total. The predicted octanol–water partition coefficient (Wildman–Crippen LogP) is 3.78. The van der Waals surface area contributed by atoms with Crippen LogP contribution in [0.3, 0.4) is 0 Å². The van der Waals surface area contributed by atoms with E-state index in [1.54, 1.807) is 12.1 Å². The van der Waals surface area contributed by atoms with Crippen LogP contribution in [0.4, 0.5) is 4.39 Å². The van der Waals surface area contributed by atoms with Crippen molar-refractivity contribution in [1.29, 1.82) is 0 Å². The molecule has 0 aliphatic heterocycles. The van der Waals surface area contributed by atoms with Gasteiger partial charge in [-0.25, -0.2) is 4.39 Å². The van der Waals surface area contributed by atoms with E-state index < -0.39 is 0 Å². The van der Waals surface area contributed by atoms with Crippen LogP contribution < -0.4 is 10.1 Å². The van der Waals surface area contributed by atoms with Gasteiger partial charge in [0.1, 0.15) is 11.6 Å². The number of nitrogens with one attached hydrogen (secondary N) is 1. The van der Waals surface area contributed by atoms with Gasteiger partial charge in [0.15, 0.2) is 6.61 Å². The molecule has 0 aliphatic carbocycles. The van der Waals surface area contributed by atoms with E-state index in [1.165, 1.54) is 17.7 Å². The molecule has 22 heavy (non-hydrogen) atoms. The number of hydrogen-bond donors (Lipinski definition) is 1. The highest BCUT2D eigenvalue weighted by Crippen LogP contribution is 2.17. The summed E-state index contributed by atoms with van der Waals surface area (Å²) in [6, 6.07) is 13.8. The van der Waals surface area contributed by atoms with Crippen LogP contribution in [0.1, 0.15) is 30.5 Å². The summed E-state index contributed by atoms with van der Waals surface area (Å²) in [4.78, 5) is 12.0. The van der Waals surface area contributed by atoms with Crippen LogP contribution in [0.25, 0.3) is 0 Å². The lowest BCUT2D eigenvalue weighted by Gasteiger charge is -2.18. The average Bonchev–Trinajstić information content (AvgIpc) is 2.52. The zero-order valence-electron chi connectivity index (χ0n) is 12.8. The summed E-state index contributed by atoms with van der Waals surface area (Å²) in [5.74, 6) is -0.265. The number of carbonyl (C=O) groups excluding carboxylic acids is 1. The molecular formula is C18H20FNO2. The van der Waals surface area contributed by atoms with E-state index >= 15 is 0 Å². The number of halogens is 1. The van der Waals surface area contributed by atoms with E-state index in [0.717, 1.165) is 12.0 Å². The summed E-state index contributed by atoms with van der Waals surface area (Å²) < 4.78 is 18.3. The van der Waals surface area contributed by atoms with E-state index in [1.807, 2.05) is 38.1 Å². The van der Waals surface area contributed by atoms with Gasteiger partial charge in [0, 0.05) is 6.07 Å². The lowest BCUT2D eigenvalue weighted by Crippen LogP contribution is -2.32. The van der Waals surface area contributed by atoms with Crippen LogP contribution in [0, 0.1) is 12.7 Å². The molecule has 0 saturated carbocycles. The fourth-order valence-electron chi connectivity index (χ4n) is 2.16. The smallest absolute Gasteiger partial charge is 0.258 e. The molecule has 0 fully saturated rings. The van der Waals surface area contributed by atoms with Crippen LogP contribution >= 0.6 is 0 Å². The van der Waals surface area contributed by atoms with Crippen LogP contribution in [0.15, 0.2) is 48.5 Å². The normalized spacial score (nSPS) is 11.8. The van der Waals surface area contributed by atoms with Gasteiger partial charge in [0.2, 0.25) is 0 Å². The van der Waals surface area contributed by atoms with E-state index in [2.05, 4.69) is 5.32 Å². The average molecular weight is 301 g/mol. The molecule has 0 bridgehead atoms. The Hall–Kier alpha value is -2.36. The van der Waals surface area contributed by atoms with Gasteiger partial charge < -0.3 is 10.1 Å². The molecule has 0 heterocycles. The first-order valence-corrected chi connectivity index (χ1v) is 7.32. The summed E-state index contributed by atoms with van der Waals surface area (Å²) in [6.07, 6.45) is 0.786. The van der Waals surface area contributed by atoms with Crippen molar-refractivity contribution in [2.75, 3.05) is 6.61 Å². The van der Waals surface area contributed by atoms with Crippen LogP contribution in [0.5, 0.6) is 5.75 Å². The molecule has 1 amide bonds. The monoisotopic (exact) mass is 301 g/mol. The number of aryl methyl sites for hydroxylation is 1. The van der Waals surface area contributed by atoms with Crippen molar-refractivity contribution in [3.63, 3.8) is 0 Å². The van der Waals surface area contributed by atoms with Gasteiger partial charge in [-0.3, -0.25) is 4.79 Å². The topological polar surface area (TPSA) is 38.3 Å². The molecule has 1 atom stereocenters. The first-order chi connectivity index (χ1) is 10.6. The van der Waals surface area contributed by atoms with Crippen LogP contribution in [-0.2, 0) is 4.79 Å². The Morgan fingerprint density at radius 3 is 2.59 bits per heavy atom. The molecule has 2 aromatic rings. The molecular weight excluding hydrogens is 281 g/mol. The molecule has 0 saturated heterocycles. The molecule has 0 spiro atoms. The highest BCUT2D eigenvalue weighted by molar-refractivity contribution is 5.78. The summed E-state index contributed by atoms with van der Waals surface area (Å²) in [5, 5.41) is 2.93. The first-order valence-electron chi connectivity index (χ1n) is 7.32. The van der Waals surface area contributed by atoms with Gasteiger partial charge in [-0.1, -0.05) is 42.8 Å². The van der Waals surface area contributed by atoms with Crippen molar-refractivity contribution < 1.29 is 13.9 Å². The van der Waals surface area contributed by atoms with E-state index in [-0.39, 0.29) is 24.4 Å². The maximum Gasteiger partial charge on any atom is 0.258 e. The highest BCUT2D eigenvalue weighted by Gasteiger charge is 2.13. The van der Waals surface area contributed by atoms with Crippen LogP contribution in [-0.4, -0.2) is 12.5 Å². The second kappa shape index (κ2) is 7.59. The summed E-state index contributed by atoms with van der Waals surface area (Å²) >= 11 is 0. The molecule has 0 unspecified atom stereocenters. The number of rotatable bonds is 6. The number of amides is 1. The molecule has 1 N–H and O–H groups in total. The van der Waals surface area contributed by atoms with Crippen molar-refractivity contribution in [2.24, 2.45) is 0 Å². The predicted molar refractivity (Wildman–Crippen MR) is 84.2 cm³/mol. The number of benzene rings is 2. The van der Waals surface area contributed by atoms with Crippen molar-refractivity contribution in [2.45, 2.75) is 26.3 Å². The Morgan fingerprint density at radius 2 is 1.95 bits per heavy atom. The standard InChI is InChI=1S/C18H20FNO2/c1-3-17(14-9-7-13(2)8-10-14)20-18(21)12-22-16-6-4-5-15(19)11-16/h4-11,17H,3,12H2,1-2H3,(H,20,21)/t17-/m1/s1. The maximum absolute atomic E-state index is 13.0. The Kier molecular flexibility index (Phi) is 5.53. The molecule has 116 valence electrons. The molecule has 2 rings (SSSR count). The third-order valence-electron chi connectivity index (χ3n) is 3.39. The Balaban J connectivity index is 1.90. The van der Waals surface area contributed by atoms with Crippen LogP contribution in [0.2, 0.25) is 0 Å². The Labute approximate surface area is 130 Å². The summed E-state index contributed by atoms with van der Waals surface area (Å²) in [7, 11) is 0. The SMILES string of the molecule is CC[C@@H](NC(=O)COc1cccc(F)c1)c1ccc(C)cc1. The minimum atomic E-state index is -0.385. The Bertz CT molecular complexity index is 625. The first kappa shape index (κ1) is 16.0. The molecule has 4 heteroatoms. The second-order valence-corrected chi connectivity index (χ2v) is 5.19. The molecule has 0 aromatic heterocycles. The quantitative estimate of drug-likeness (QED) is 0.881. The van der Waals surface area contributed by atoms with Gasteiger partial charge in [0.05, 0.1) is 6.04 Å². The minimum absolute atomic E-state index is 0.0517. The zero-order valence-corrected chi connectivity index (χ0v) is 12.8. The van der Waals surface area contributed by atoms with E-state index in [4.69, 9.17) is 4.74 Å². The summed E-state index contributed by atoms with van der Waals surface area (Å²) in [6.45, 7) is 3.90. The number of ether oxygens (including phenoxy) is 1. The fourth-order valence-corrected chi connectivity index (χ4v) is 2.16. The van der Waals surface area contributed by atoms with Gasteiger partial charge in [-0.2, -0.15) is 0 Å². The molecule has 0 aliphatic rings. The number of hydrogen-bond acceptors (Lipinski definition) is 2. The van der Waals surface area contributed by atoms with Gasteiger partial charge in [-0.15, -0.1) is 0 Å². The third-order valence-corrected chi connectivity index (χ3v) is 3.39. The Morgan fingerprint density at radius 1 is 1.23 bits per heavy atom. The van der Waals surface area contributed by atoms with Crippen molar-refractivity contribution in [3.05, 3.63) is 65.5 Å². The van der Waals surface area contributed by atoms with Gasteiger partial charge in [-0.05, 0) is 31.0 Å². The van der Waals surface area contributed by atoms with Crippen molar-refractivity contribution in [3.8, 4) is 5.75 Å². The lowest BCUT2D eigenvalue weighted by molar-refractivity contribution is -0.123. The maximum atomic E-state index is 13.0. The second-order valence-electron chi connectivity index (χ2n) is 5.19. The zero-order chi connectivity index (χ0) is 15.9. The van der Waals surface area contributed by atoms with Crippen molar-refractivity contribution >= 4 is 5.91 Å². The largest absolute Gasteiger partial charge is 0.484 e. The number of carbonyl (C=O) groups is 1. The third kappa shape index (κ3) is 4.58. The minimum Gasteiger partial charge on any atom is -0.484 e. The fraction of sp³-hybridized carbons (Fsp3) is 0.278. The van der Waals surface area contributed by atoms with Gasteiger partial charge >= 0.3 is 0 Å². The lowest BCUT2D eigenvalue weighted by atomic mass is 10.0. The van der Waals surface area contributed by atoms with Gasteiger partial charge in [0.25, 0.3) is 5.91 Å². The van der Waals surface area contributed by atoms with Crippen molar-refractivity contribution in [1.82, 2.24) is 5.32 Å². The molecule has 2 aromatic carbocycles. The molecule has 0 radical (unpaired) electrons.